The van der Waals surface area contributed by atoms with Crippen LogP contribution in [-0.4, -0.2) is 31.1 Å². The second-order valence-electron chi connectivity index (χ2n) is 5.87. The van der Waals surface area contributed by atoms with Crippen LogP contribution in [-0.2, 0) is 24.3 Å². The van der Waals surface area contributed by atoms with Crippen molar-refractivity contribution in [3.63, 3.8) is 0 Å². The number of fused-ring (bicyclic) bond motifs is 1. The van der Waals surface area contributed by atoms with Crippen molar-refractivity contribution in [3.8, 4) is 0 Å². The first kappa shape index (κ1) is 15.8. The number of carbonyl (C=O) groups excluding carboxylic acids is 1. The van der Waals surface area contributed by atoms with Gasteiger partial charge in [0.1, 0.15) is 11.3 Å². The molecule has 1 amide bonds. The number of primary amides is 1. The maximum Gasteiger partial charge on any atom is 0.224 e. The molecule has 0 saturated carbocycles. The van der Waals surface area contributed by atoms with Gasteiger partial charge in [0.2, 0.25) is 5.91 Å². The Labute approximate surface area is 129 Å². The molecule has 0 bridgehead atoms. The molecule has 0 saturated heterocycles. The molecule has 0 unspecified atom stereocenters. The zero-order valence-corrected chi connectivity index (χ0v) is 13.7. The average molecular weight is 312 g/mol. The molecule has 6 nitrogen and oxygen atoms in total. The van der Waals surface area contributed by atoms with E-state index >= 15 is 0 Å². The van der Waals surface area contributed by atoms with Gasteiger partial charge in [-0.25, -0.2) is 9.67 Å². The van der Waals surface area contributed by atoms with E-state index in [-0.39, 0.29) is 5.91 Å². The van der Waals surface area contributed by atoms with E-state index in [0.717, 1.165) is 29.2 Å². The first-order chi connectivity index (χ1) is 9.81. The Balaban J connectivity index is 2.62. The Morgan fingerprint density at radius 1 is 1.43 bits per heavy atom. The molecule has 0 atom stereocenters. The number of alkyl halides is 1. The number of imidazole rings is 1. The number of aryl methyl sites for hydroxylation is 3. The quantitative estimate of drug-likeness (QED) is 0.827. The molecule has 0 aliphatic carbocycles. The smallest absolute Gasteiger partial charge is 0.224 e. The van der Waals surface area contributed by atoms with Gasteiger partial charge in [-0.3, -0.25) is 4.79 Å². The summed E-state index contributed by atoms with van der Waals surface area (Å²) in [4.78, 5) is 16.3. The third-order valence-electron chi connectivity index (χ3n) is 3.72. The van der Waals surface area contributed by atoms with Crippen molar-refractivity contribution in [2.24, 2.45) is 11.1 Å². The molecule has 0 fully saturated rings. The monoisotopic (exact) mass is 311 g/mol. The van der Waals surface area contributed by atoms with E-state index in [1.165, 1.54) is 0 Å². The molecule has 2 N–H and O–H groups in total. The van der Waals surface area contributed by atoms with E-state index < -0.39 is 5.41 Å². The Morgan fingerprint density at radius 3 is 2.62 bits per heavy atom. The van der Waals surface area contributed by atoms with E-state index in [0.29, 0.717) is 18.8 Å². The molecular weight excluding hydrogens is 290 g/mol. The highest BCUT2D eigenvalue weighted by atomic mass is 35.5. The van der Waals surface area contributed by atoms with Gasteiger partial charge in [-0.05, 0) is 27.7 Å². The molecule has 0 radical (unpaired) electrons. The lowest BCUT2D eigenvalue weighted by Crippen LogP contribution is -2.36. The van der Waals surface area contributed by atoms with E-state index in [1.54, 1.807) is 0 Å². The van der Waals surface area contributed by atoms with Gasteiger partial charge in [0.25, 0.3) is 0 Å². The summed E-state index contributed by atoms with van der Waals surface area (Å²) in [5.74, 6) is 1.02. The first-order valence-corrected chi connectivity index (χ1v) is 7.63. The van der Waals surface area contributed by atoms with Crippen molar-refractivity contribution in [1.29, 1.82) is 0 Å². The van der Waals surface area contributed by atoms with Gasteiger partial charge in [-0.2, -0.15) is 5.10 Å². The second-order valence-corrected chi connectivity index (χ2v) is 6.25. The number of aromatic nitrogens is 4. The van der Waals surface area contributed by atoms with Crippen molar-refractivity contribution >= 4 is 28.7 Å². The van der Waals surface area contributed by atoms with Crippen molar-refractivity contribution in [2.45, 2.75) is 47.2 Å². The molecule has 0 spiro atoms. The predicted octanol–water partition coefficient (Wildman–Crippen LogP) is 1.85. The molecular formula is C14H22ClN5O. The van der Waals surface area contributed by atoms with Crippen LogP contribution >= 0.6 is 11.6 Å². The van der Waals surface area contributed by atoms with Crippen molar-refractivity contribution in [2.75, 3.05) is 5.88 Å². The van der Waals surface area contributed by atoms with Crippen LogP contribution in [0.15, 0.2) is 0 Å². The SMILES string of the molecule is CCn1nc(C)c2nc(CCCl)n(CC(C)(C)C(N)=O)c21. The van der Waals surface area contributed by atoms with Crippen LogP contribution in [0.2, 0.25) is 0 Å². The van der Waals surface area contributed by atoms with E-state index in [2.05, 4.69) is 10.1 Å². The van der Waals surface area contributed by atoms with E-state index in [9.17, 15) is 4.79 Å². The van der Waals surface area contributed by atoms with Gasteiger partial charge in [0.15, 0.2) is 5.65 Å². The zero-order valence-electron chi connectivity index (χ0n) is 13.0. The number of carbonyl (C=O) groups is 1. The highest BCUT2D eigenvalue weighted by molar-refractivity contribution is 6.17. The molecule has 0 aromatic carbocycles. The largest absolute Gasteiger partial charge is 0.369 e. The summed E-state index contributed by atoms with van der Waals surface area (Å²) in [6.45, 7) is 8.86. The molecule has 116 valence electrons. The standard InChI is InChI=1S/C14H22ClN5O/c1-5-20-12-11(9(2)18-20)17-10(6-7-15)19(12)8-14(3,4)13(16)21/h5-8H2,1-4H3,(H2,16,21). The van der Waals surface area contributed by atoms with Crippen molar-refractivity contribution in [3.05, 3.63) is 11.5 Å². The Morgan fingerprint density at radius 2 is 2.10 bits per heavy atom. The Kier molecular flexibility index (Phi) is 4.27. The summed E-state index contributed by atoms with van der Waals surface area (Å²) in [5.41, 5.74) is 7.54. The van der Waals surface area contributed by atoms with Gasteiger partial charge in [-0.1, -0.05) is 0 Å². The fourth-order valence-electron chi connectivity index (χ4n) is 2.40. The van der Waals surface area contributed by atoms with E-state index in [4.69, 9.17) is 17.3 Å². The fraction of sp³-hybridized carbons (Fsp3) is 0.643. The van der Waals surface area contributed by atoms with Crippen molar-refractivity contribution < 1.29 is 4.79 Å². The van der Waals surface area contributed by atoms with E-state index in [1.807, 2.05) is 36.9 Å². The van der Waals surface area contributed by atoms with Gasteiger partial charge in [0.05, 0.1) is 11.1 Å². The number of amides is 1. The number of rotatable bonds is 6. The molecule has 21 heavy (non-hydrogen) atoms. The highest BCUT2D eigenvalue weighted by Crippen LogP contribution is 2.25. The van der Waals surface area contributed by atoms with Gasteiger partial charge in [0, 0.05) is 25.4 Å². The van der Waals surface area contributed by atoms with Crippen LogP contribution in [0.4, 0.5) is 0 Å². The molecule has 0 aliphatic rings. The Bertz CT molecular complexity index is 670. The predicted molar refractivity (Wildman–Crippen MR) is 83.3 cm³/mol. The van der Waals surface area contributed by atoms with Crippen LogP contribution in [0.25, 0.3) is 11.2 Å². The van der Waals surface area contributed by atoms with Gasteiger partial charge >= 0.3 is 0 Å². The minimum absolute atomic E-state index is 0.333. The normalized spacial score (nSPS) is 12.2. The summed E-state index contributed by atoms with van der Waals surface area (Å²) in [5, 5.41) is 4.49. The molecule has 2 aromatic heterocycles. The third-order valence-corrected chi connectivity index (χ3v) is 3.90. The first-order valence-electron chi connectivity index (χ1n) is 7.10. The number of nitrogens with two attached hydrogens (primary N) is 1. The lowest BCUT2D eigenvalue weighted by atomic mass is 9.92. The highest BCUT2D eigenvalue weighted by Gasteiger charge is 2.29. The summed E-state index contributed by atoms with van der Waals surface area (Å²) < 4.78 is 3.94. The maximum atomic E-state index is 11.7. The van der Waals surface area contributed by atoms with Crippen LogP contribution in [0.3, 0.4) is 0 Å². The summed E-state index contributed by atoms with van der Waals surface area (Å²) >= 11 is 5.88. The second kappa shape index (κ2) is 5.67. The molecule has 2 heterocycles. The number of hydrogen-bond donors (Lipinski definition) is 1. The van der Waals surface area contributed by atoms with Crippen molar-refractivity contribution in [1.82, 2.24) is 19.3 Å². The van der Waals surface area contributed by atoms with Crippen LogP contribution in [0.5, 0.6) is 0 Å². The number of nitrogens with zero attached hydrogens (tertiary/aromatic N) is 4. The Hall–Kier alpha value is -1.56. The zero-order chi connectivity index (χ0) is 15.8. The lowest BCUT2D eigenvalue weighted by Gasteiger charge is -2.22. The van der Waals surface area contributed by atoms with Gasteiger partial charge < -0.3 is 10.3 Å². The summed E-state index contributed by atoms with van der Waals surface area (Å²) in [6, 6.07) is 0. The molecule has 2 aromatic rings. The summed E-state index contributed by atoms with van der Waals surface area (Å²) in [7, 11) is 0. The van der Waals surface area contributed by atoms with Crippen LogP contribution in [0.1, 0.15) is 32.3 Å². The summed E-state index contributed by atoms with van der Waals surface area (Å²) in [6.07, 6.45) is 0.647. The molecule has 7 heteroatoms. The lowest BCUT2D eigenvalue weighted by molar-refractivity contribution is -0.126. The minimum atomic E-state index is -0.661. The van der Waals surface area contributed by atoms with Crippen LogP contribution in [0, 0.1) is 12.3 Å². The number of halogens is 1. The minimum Gasteiger partial charge on any atom is -0.369 e. The fourth-order valence-corrected chi connectivity index (χ4v) is 2.57. The maximum absolute atomic E-state index is 11.7. The molecule has 2 rings (SSSR count). The topological polar surface area (TPSA) is 78.7 Å². The average Bonchev–Trinajstić information content (AvgIpc) is 2.89. The van der Waals surface area contributed by atoms with Crippen LogP contribution < -0.4 is 5.73 Å². The number of hydrogen-bond acceptors (Lipinski definition) is 3. The van der Waals surface area contributed by atoms with Gasteiger partial charge in [-0.15, -0.1) is 11.6 Å². The molecule has 0 aliphatic heterocycles. The third kappa shape index (κ3) is 2.77.